The molecule has 0 heterocycles. The van der Waals surface area contributed by atoms with Crippen LogP contribution in [0.4, 0.5) is 0 Å². The van der Waals surface area contributed by atoms with E-state index in [0.29, 0.717) is 0 Å². The summed E-state index contributed by atoms with van der Waals surface area (Å²) in [6.45, 7) is 0. The van der Waals surface area contributed by atoms with Gasteiger partial charge in [-0.25, -0.2) is 0 Å². The molecule has 0 radical (unpaired) electrons. The predicted octanol–water partition coefficient (Wildman–Crippen LogP) is 1.09. The maximum Gasteiger partial charge on any atom is 0.149 e. The fourth-order valence-electron chi connectivity index (χ4n) is 0.130. The van der Waals surface area contributed by atoms with Crippen molar-refractivity contribution >= 4 is 28.2 Å². The number of nitriles is 2. The van der Waals surface area contributed by atoms with Crippen molar-refractivity contribution < 1.29 is 0 Å². The molecule has 0 bridgehead atoms. The first-order valence-electron chi connectivity index (χ1n) is 1.75. The zero-order valence-corrected chi connectivity index (χ0v) is 5.55. The lowest BCUT2D eigenvalue weighted by Crippen LogP contribution is -1.80. The molecule has 0 unspecified atom stereocenters. The van der Waals surface area contributed by atoms with Gasteiger partial charge in [0.1, 0.15) is 10.3 Å². The highest BCUT2D eigenvalue weighted by molar-refractivity contribution is 8.23. The van der Waals surface area contributed by atoms with E-state index < -0.39 is 0 Å². The monoisotopic (exact) mass is 142 g/mol. The average molecular weight is 142 g/mol. The molecule has 0 spiro atoms. The van der Waals surface area contributed by atoms with Crippen LogP contribution in [-0.4, -0.2) is 9.95 Å². The Morgan fingerprint density at radius 3 is 2.62 bits per heavy atom. The molecule has 0 aromatic rings. The van der Waals surface area contributed by atoms with Crippen LogP contribution < -0.4 is 0 Å². The van der Waals surface area contributed by atoms with Crippen molar-refractivity contribution in [2.75, 3.05) is 5.75 Å². The summed E-state index contributed by atoms with van der Waals surface area (Å²) in [6.07, 6.45) is 0. The maximum absolute atomic E-state index is 8.04. The highest BCUT2D eigenvalue weighted by Gasteiger charge is 1.90. The van der Waals surface area contributed by atoms with Crippen molar-refractivity contribution in [2.45, 2.75) is 0 Å². The summed E-state index contributed by atoms with van der Waals surface area (Å²) >= 11 is 5.56. The van der Waals surface area contributed by atoms with Gasteiger partial charge in [0.25, 0.3) is 0 Å². The largest absolute Gasteiger partial charge is 0.197 e. The standard InChI is InChI=1S/C4H2N2S2/c5-1-2-8-4(7)3-6/h2H2. The minimum Gasteiger partial charge on any atom is -0.197 e. The fraction of sp³-hybridized carbons (Fsp3) is 0.250. The van der Waals surface area contributed by atoms with Crippen molar-refractivity contribution in [3.05, 3.63) is 0 Å². The molecule has 0 fully saturated rings. The van der Waals surface area contributed by atoms with Gasteiger partial charge in [-0.3, -0.25) is 0 Å². The van der Waals surface area contributed by atoms with Crippen LogP contribution in [0, 0.1) is 22.7 Å². The van der Waals surface area contributed by atoms with Crippen LogP contribution in [0.3, 0.4) is 0 Å². The zero-order chi connectivity index (χ0) is 6.41. The number of thiocarbonyl (C=S) groups is 1. The van der Waals surface area contributed by atoms with Gasteiger partial charge in [-0.1, -0.05) is 24.0 Å². The molecule has 4 heteroatoms. The number of rotatable bonds is 1. The van der Waals surface area contributed by atoms with Crippen molar-refractivity contribution in [2.24, 2.45) is 0 Å². The maximum atomic E-state index is 8.04. The quantitative estimate of drug-likeness (QED) is 0.514. The molecular formula is C4H2N2S2. The second-order valence-corrected chi connectivity index (χ2v) is 2.50. The Balaban J connectivity index is 3.33. The van der Waals surface area contributed by atoms with Crippen LogP contribution in [0.15, 0.2) is 0 Å². The summed E-state index contributed by atoms with van der Waals surface area (Å²) in [5.74, 6) is 0.270. The second kappa shape index (κ2) is 4.58. The summed E-state index contributed by atoms with van der Waals surface area (Å²) in [4.78, 5) is 0. The van der Waals surface area contributed by atoms with E-state index in [2.05, 4.69) is 12.2 Å². The van der Waals surface area contributed by atoms with Crippen LogP contribution in [-0.2, 0) is 0 Å². The van der Waals surface area contributed by atoms with Gasteiger partial charge in [0.2, 0.25) is 0 Å². The van der Waals surface area contributed by atoms with E-state index in [0.717, 1.165) is 11.8 Å². The third-order valence-electron chi connectivity index (χ3n) is 0.359. The van der Waals surface area contributed by atoms with Crippen molar-refractivity contribution in [3.8, 4) is 12.1 Å². The number of hydrogen-bond donors (Lipinski definition) is 0. The zero-order valence-electron chi connectivity index (χ0n) is 3.92. The molecule has 0 aromatic carbocycles. The molecule has 2 nitrogen and oxygen atoms in total. The molecule has 0 saturated heterocycles. The molecule has 0 N–H and O–H groups in total. The van der Waals surface area contributed by atoms with E-state index in [1.807, 2.05) is 6.07 Å². The first-order chi connectivity index (χ1) is 3.81. The van der Waals surface area contributed by atoms with Gasteiger partial charge in [0.05, 0.1) is 11.8 Å². The molecule has 0 aliphatic heterocycles. The number of hydrogen-bond acceptors (Lipinski definition) is 4. The Morgan fingerprint density at radius 1 is 1.62 bits per heavy atom. The van der Waals surface area contributed by atoms with Gasteiger partial charge in [0, 0.05) is 0 Å². The molecule has 40 valence electrons. The first kappa shape index (κ1) is 7.42. The summed E-state index contributed by atoms with van der Waals surface area (Å²) in [6, 6.07) is 3.60. The van der Waals surface area contributed by atoms with E-state index >= 15 is 0 Å². The van der Waals surface area contributed by atoms with Crippen LogP contribution >= 0.6 is 24.0 Å². The highest BCUT2D eigenvalue weighted by Crippen LogP contribution is 2.00. The lowest BCUT2D eigenvalue weighted by molar-refractivity contribution is 1.50. The molecule has 0 rings (SSSR count). The fourth-order valence-corrected chi connectivity index (χ4v) is 0.567. The van der Waals surface area contributed by atoms with Gasteiger partial charge < -0.3 is 0 Å². The predicted molar refractivity (Wildman–Crippen MR) is 36.3 cm³/mol. The third-order valence-corrected chi connectivity index (χ3v) is 1.43. The van der Waals surface area contributed by atoms with Crippen LogP contribution in [0.5, 0.6) is 0 Å². The Morgan fingerprint density at radius 2 is 2.25 bits per heavy atom. The summed E-state index contributed by atoms with van der Waals surface area (Å²) < 4.78 is 0.228. The average Bonchev–Trinajstić information content (AvgIpc) is 1.83. The van der Waals surface area contributed by atoms with Gasteiger partial charge in [-0.15, -0.1) is 0 Å². The van der Waals surface area contributed by atoms with E-state index in [1.54, 1.807) is 6.07 Å². The van der Waals surface area contributed by atoms with Gasteiger partial charge in [-0.2, -0.15) is 10.5 Å². The summed E-state index contributed by atoms with van der Waals surface area (Å²) in [5, 5.41) is 16.0. The molecule has 8 heavy (non-hydrogen) atoms. The lowest BCUT2D eigenvalue weighted by Gasteiger charge is -1.80. The lowest BCUT2D eigenvalue weighted by atomic mass is 10.9. The SMILES string of the molecule is N#CCSC(=S)C#N. The second-order valence-electron chi connectivity index (χ2n) is 0.846. The Hall–Kier alpha value is -0.580. The smallest absolute Gasteiger partial charge is 0.149 e. The normalized spacial score (nSPS) is 6.75. The summed E-state index contributed by atoms with van der Waals surface area (Å²) in [5.41, 5.74) is 0. The van der Waals surface area contributed by atoms with Crippen molar-refractivity contribution in [3.63, 3.8) is 0 Å². The Labute approximate surface area is 57.1 Å². The van der Waals surface area contributed by atoms with Crippen molar-refractivity contribution in [1.82, 2.24) is 0 Å². The molecule has 0 saturated carbocycles. The Bertz CT molecular complexity index is 162. The molecule has 0 atom stereocenters. The Kier molecular flexibility index (Phi) is 4.24. The highest BCUT2D eigenvalue weighted by atomic mass is 32.2. The van der Waals surface area contributed by atoms with Gasteiger partial charge >= 0.3 is 0 Å². The van der Waals surface area contributed by atoms with Crippen LogP contribution in [0.25, 0.3) is 0 Å². The topological polar surface area (TPSA) is 47.6 Å². The number of thioether (sulfide) groups is 1. The molecule has 0 aromatic heterocycles. The number of nitrogens with zero attached hydrogens (tertiary/aromatic N) is 2. The summed E-state index contributed by atoms with van der Waals surface area (Å²) in [7, 11) is 0. The third kappa shape index (κ3) is 3.60. The van der Waals surface area contributed by atoms with Gasteiger partial charge in [-0.05, 0) is 0 Å². The van der Waals surface area contributed by atoms with E-state index in [-0.39, 0.29) is 9.95 Å². The molecule has 0 aliphatic rings. The van der Waals surface area contributed by atoms with E-state index in [1.165, 1.54) is 0 Å². The minimum atomic E-state index is 0.228. The minimum absolute atomic E-state index is 0.228. The van der Waals surface area contributed by atoms with E-state index in [4.69, 9.17) is 10.5 Å². The molecular weight excluding hydrogens is 140 g/mol. The molecule has 0 amide bonds. The van der Waals surface area contributed by atoms with Crippen LogP contribution in [0.1, 0.15) is 0 Å². The first-order valence-corrected chi connectivity index (χ1v) is 3.14. The van der Waals surface area contributed by atoms with Crippen molar-refractivity contribution in [1.29, 1.82) is 10.5 Å². The van der Waals surface area contributed by atoms with E-state index in [9.17, 15) is 0 Å². The molecule has 0 aliphatic carbocycles. The van der Waals surface area contributed by atoms with Crippen LogP contribution in [0.2, 0.25) is 0 Å². The van der Waals surface area contributed by atoms with Gasteiger partial charge in [0.15, 0.2) is 0 Å².